The molecule has 1 aromatic carbocycles. The zero-order valence-corrected chi connectivity index (χ0v) is 14.4. The summed E-state index contributed by atoms with van der Waals surface area (Å²) >= 11 is 6.22. The van der Waals surface area contributed by atoms with Crippen molar-refractivity contribution in [3.63, 3.8) is 0 Å². The minimum atomic E-state index is 0.0408. The summed E-state index contributed by atoms with van der Waals surface area (Å²) in [5.74, 6) is 0.853. The highest BCUT2D eigenvalue weighted by molar-refractivity contribution is 6.31. The average molecular weight is 309 g/mol. The van der Waals surface area contributed by atoms with Crippen LogP contribution in [0.2, 0.25) is 5.02 Å². The first kappa shape index (κ1) is 16.8. The van der Waals surface area contributed by atoms with Crippen LogP contribution < -0.4 is 5.73 Å². The second kappa shape index (κ2) is 7.13. The zero-order chi connectivity index (χ0) is 15.5. The topological polar surface area (TPSA) is 29.3 Å². The van der Waals surface area contributed by atoms with Crippen LogP contribution in [0.3, 0.4) is 0 Å². The Balaban J connectivity index is 1.79. The molecule has 0 bridgehead atoms. The number of hydrogen-bond acceptors (Lipinski definition) is 2. The number of benzene rings is 1. The molecule has 1 heterocycles. The molecule has 1 saturated heterocycles. The standard InChI is InChI=1S/C18H29ClN2/c1-18(2,3)14-8-11-21(12-9-14)13-10-17(20)15-6-4-5-7-16(15)19/h4-7,14,17H,8-13,20H2,1-3H3. The molecule has 21 heavy (non-hydrogen) atoms. The lowest BCUT2D eigenvalue weighted by Gasteiger charge is -2.39. The van der Waals surface area contributed by atoms with Crippen molar-refractivity contribution in [2.75, 3.05) is 19.6 Å². The third-order valence-corrected chi connectivity index (χ3v) is 5.22. The SMILES string of the molecule is CC(C)(C)C1CCN(CCC(N)c2ccccc2Cl)CC1. The van der Waals surface area contributed by atoms with E-state index in [9.17, 15) is 0 Å². The Hall–Kier alpha value is -0.570. The van der Waals surface area contributed by atoms with E-state index in [0.29, 0.717) is 5.41 Å². The number of halogens is 1. The molecule has 2 N–H and O–H groups in total. The molecule has 1 aromatic rings. The Kier molecular flexibility index (Phi) is 5.70. The molecule has 0 spiro atoms. The Labute approximate surface area is 134 Å². The van der Waals surface area contributed by atoms with E-state index >= 15 is 0 Å². The fraction of sp³-hybridized carbons (Fsp3) is 0.667. The molecule has 118 valence electrons. The van der Waals surface area contributed by atoms with Crippen LogP contribution in [0.1, 0.15) is 51.6 Å². The molecule has 1 aliphatic heterocycles. The van der Waals surface area contributed by atoms with E-state index < -0.39 is 0 Å². The van der Waals surface area contributed by atoms with E-state index in [1.807, 2.05) is 24.3 Å². The normalized spacial score (nSPS) is 19.7. The van der Waals surface area contributed by atoms with Gasteiger partial charge in [0.2, 0.25) is 0 Å². The number of hydrogen-bond donors (Lipinski definition) is 1. The zero-order valence-electron chi connectivity index (χ0n) is 13.6. The lowest BCUT2D eigenvalue weighted by Crippen LogP contribution is -2.39. The van der Waals surface area contributed by atoms with Crippen molar-refractivity contribution >= 4 is 11.6 Å². The van der Waals surface area contributed by atoms with Crippen molar-refractivity contribution in [1.82, 2.24) is 4.90 Å². The third-order valence-electron chi connectivity index (χ3n) is 4.87. The molecule has 0 saturated carbocycles. The van der Waals surface area contributed by atoms with Gasteiger partial charge in [-0.1, -0.05) is 50.6 Å². The van der Waals surface area contributed by atoms with E-state index in [0.717, 1.165) is 29.5 Å². The summed E-state index contributed by atoms with van der Waals surface area (Å²) in [6, 6.07) is 7.97. The Morgan fingerprint density at radius 2 is 1.86 bits per heavy atom. The van der Waals surface area contributed by atoms with Gasteiger partial charge in [0, 0.05) is 11.1 Å². The van der Waals surface area contributed by atoms with Crippen molar-refractivity contribution in [2.45, 2.75) is 46.1 Å². The average Bonchev–Trinajstić information content (AvgIpc) is 2.45. The predicted molar refractivity (Wildman–Crippen MR) is 91.6 cm³/mol. The Morgan fingerprint density at radius 1 is 1.24 bits per heavy atom. The number of piperidine rings is 1. The van der Waals surface area contributed by atoms with Crippen molar-refractivity contribution in [1.29, 1.82) is 0 Å². The Morgan fingerprint density at radius 3 is 2.43 bits per heavy atom. The van der Waals surface area contributed by atoms with Crippen LogP contribution in [0.25, 0.3) is 0 Å². The molecule has 1 unspecified atom stereocenters. The number of rotatable bonds is 4. The van der Waals surface area contributed by atoms with Crippen molar-refractivity contribution in [3.8, 4) is 0 Å². The summed E-state index contributed by atoms with van der Waals surface area (Å²) in [6.45, 7) is 10.6. The lowest BCUT2D eigenvalue weighted by atomic mass is 9.75. The van der Waals surface area contributed by atoms with Crippen LogP contribution in [-0.4, -0.2) is 24.5 Å². The summed E-state index contributed by atoms with van der Waals surface area (Å²) in [5, 5.41) is 0.788. The second-order valence-electron chi connectivity index (χ2n) is 7.40. The summed E-state index contributed by atoms with van der Waals surface area (Å²) in [4.78, 5) is 2.55. The van der Waals surface area contributed by atoms with Gasteiger partial charge in [0.1, 0.15) is 0 Å². The summed E-state index contributed by atoms with van der Waals surface area (Å²) in [7, 11) is 0. The van der Waals surface area contributed by atoms with Gasteiger partial charge in [-0.25, -0.2) is 0 Å². The van der Waals surface area contributed by atoms with Crippen LogP contribution in [-0.2, 0) is 0 Å². The molecule has 3 heteroatoms. The quantitative estimate of drug-likeness (QED) is 0.888. The maximum absolute atomic E-state index is 6.30. The summed E-state index contributed by atoms with van der Waals surface area (Å²) in [5.41, 5.74) is 7.82. The predicted octanol–water partition coefficient (Wildman–Crippen LogP) is 4.49. The summed E-state index contributed by atoms with van der Waals surface area (Å²) in [6.07, 6.45) is 3.60. The maximum atomic E-state index is 6.30. The van der Waals surface area contributed by atoms with Crippen molar-refractivity contribution in [3.05, 3.63) is 34.9 Å². The van der Waals surface area contributed by atoms with Gasteiger partial charge >= 0.3 is 0 Å². The molecule has 0 amide bonds. The Bertz CT molecular complexity index is 445. The summed E-state index contributed by atoms with van der Waals surface area (Å²) < 4.78 is 0. The van der Waals surface area contributed by atoms with Gasteiger partial charge in [0.25, 0.3) is 0 Å². The fourth-order valence-corrected chi connectivity index (χ4v) is 3.55. The maximum Gasteiger partial charge on any atom is 0.0453 e. The monoisotopic (exact) mass is 308 g/mol. The highest BCUT2D eigenvalue weighted by Crippen LogP contribution is 2.34. The van der Waals surface area contributed by atoms with Crippen LogP contribution in [0.5, 0.6) is 0 Å². The van der Waals surface area contributed by atoms with Crippen LogP contribution >= 0.6 is 11.6 Å². The third kappa shape index (κ3) is 4.70. The smallest absolute Gasteiger partial charge is 0.0453 e. The van der Waals surface area contributed by atoms with Crippen LogP contribution in [0.4, 0.5) is 0 Å². The van der Waals surface area contributed by atoms with Crippen molar-refractivity contribution in [2.24, 2.45) is 17.1 Å². The van der Waals surface area contributed by atoms with E-state index in [1.54, 1.807) is 0 Å². The largest absolute Gasteiger partial charge is 0.324 e. The van der Waals surface area contributed by atoms with Crippen molar-refractivity contribution < 1.29 is 0 Å². The van der Waals surface area contributed by atoms with Crippen LogP contribution in [0, 0.1) is 11.3 Å². The van der Waals surface area contributed by atoms with E-state index in [1.165, 1.54) is 25.9 Å². The van der Waals surface area contributed by atoms with Gasteiger partial charge < -0.3 is 10.6 Å². The lowest BCUT2D eigenvalue weighted by molar-refractivity contribution is 0.110. The van der Waals surface area contributed by atoms with Gasteiger partial charge in [0.15, 0.2) is 0 Å². The van der Waals surface area contributed by atoms with E-state index in [-0.39, 0.29) is 6.04 Å². The van der Waals surface area contributed by atoms with Gasteiger partial charge in [-0.15, -0.1) is 0 Å². The van der Waals surface area contributed by atoms with Gasteiger partial charge in [-0.3, -0.25) is 0 Å². The molecular weight excluding hydrogens is 280 g/mol. The molecule has 2 nitrogen and oxygen atoms in total. The van der Waals surface area contributed by atoms with Gasteiger partial charge in [-0.2, -0.15) is 0 Å². The first-order valence-corrected chi connectivity index (χ1v) is 8.48. The first-order chi connectivity index (χ1) is 9.88. The molecule has 1 fully saturated rings. The van der Waals surface area contributed by atoms with Crippen LogP contribution in [0.15, 0.2) is 24.3 Å². The minimum Gasteiger partial charge on any atom is -0.324 e. The first-order valence-electron chi connectivity index (χ1n) is 8.10. The van der Waals surface area contributed by atoms with E-state index in [2.05, 4.69) is 25.7 Å². The molecule has 0 radical (unpaired) electrons. The van der Waals surface area contributed by atoms with Gasteiger partial charge in [-0.05, 0) is 61.9 Å². The second-order valence-corrected chi connectivity index (χ2v) is 7.81. The highest BCUT2D eigenvalue weighted by atomic mass is 35.5. The molecule has 1 aliphatic rings. The molecule has 1 atom stereocenters. The highest BCUT2D eigenvalue weighted by Gasteiger charge is 2.28. The molecule has 0 aromatic heterocycles. The van der Waals surface area contributed by atoms with E-state index in [4.69, 9.17) is 17.3 Å². The van der Waals surface area contributed by atoms with Gasteiger partial charge in [0.05, 0.1) is 0 Å². The number of nitrogens with two attached hydrogens (primary N) is 1. The molecule has 2 rings (SSSR count). The molecular formula is C18H29ClN2. The fourth-order valence-electron chi connectivity index (χ4n) is 3.28. The number of nitrogens with zero attached hydrogens (tertiary/aromatic N) is 1. The minimum absolute atomic E-state index is 0.0408. The molecule has 0 aliphatic carbocycles. The number of likely N-dealkylation sites (tertiary alicyclic amines) is 1.